The molecule has 0 bridgehead atoms. The third-order valence-electron chi connectivity index (χ3n) is 6.25. The Labute approximate surface area is 220 Å². The number of thiazole rings is 1. The van der Waals surface area contributed by atoms with Crippen molar-refractivity contribution in [2.75, 3.05) is 26.8 Å². The molecule has 0 aliphatic carbocycles. The summed E-state index contributed by atoms with van der Waals surface area (Å²) < 4.78 is 40.7. The zero-order valence-corrected chi connectivity index (χ0v) is 23.0. The molecule has 0 N–H and O–H groups in total. The summed E-state index contributed by atoms with van der Waals surface area (Å²) in [6.07, 6.45) is 1.00. The van der Waals surface area contributed by atoms with Crippen molar-refractivity contribution in [3.05, 3.63) is 52.8 Å². The van der Waals surface area contributed by atoms with Gasteiger partial charge in [0, 0.05) is 18.7 Å². The zero-order chi connectivity index (χ0) is 26.7. The van der Waals surface area contributed by atoms with Crippen molar-refractivity contribution < 1.29 is 27.5 Å². The third kappa shape index (κ3) is 5.94. The van der Waals surface area contributed by atoms with Gasteiger partial charge in [-0.2, -0.15) is 9.30 Å². The second kappa shape index (κ2) is 11.2. The molecule has 1 saturated heterocycles. The van der Waals surface area contributed by atoms with E-state index in [1.807, 2.05) is 19.1 Å². The Hall–Kier alpha value is -3.02. The fourth-order valence-corrected chi connectivity index (χ4v) is 7.35. The predicted molar refractivity (Wildman–Crippen MR) is 141 cm³/mol. The molecule has 2 unspecified atom stereocenters. The van der Waals surface area contributed by atoms with Gasteiger partial charge in [-0.3, -0.25) is 9.59 Å². The number of hydrogen-bond acceptors (Lipinski definition) is 7. The molecule has 1 aliphatic heterocycles. The number of esters is 1. The van der Waals surface area contributed by atoms with Crippen LogP contribution in [0.3, 0.4) is 0 Å². The Balaban J connectivity index is 1.65. The first-order valence-corrected chi connectivity index (χ1v) is 14.4. The van der Waals surface area contributed by atoms with E-state index < -0.39 is 21.9 Å². The monoisotopic (exact) mass is 545 g/mol. The number of aromatic nitrogens is 1. The summed E-state index contributed by atoms with van der Waals surface area (Å²) in [5.74, 6) is 0.243. The van der Waals surface area contributed by atoms with Crippen LogP contribution in [0.5, 0.6) is 5.75 Å². The highest BCUT2D eigenvalue weighted by Crippen LogP contribution is 2.27. The summed E-state index contributed by atoms with van der Waals surface area (Å²) in [6.45, 7) is 7.37. The first kappa shape index (κ1) is 27.0. The highest BCUT2D eigenvalue weighted by atomic mass is 32.2. The van der Waals surface area contributed by atoms with E-state index in [9.17, 15) is 18.0 Å². The van der Waals surface area contributed by atoms with Crippen molar-refractivity contribution >= 4 is 43.5 Å². The number of carbonyl (C=O) groups is 2. The van der Waals surface area contributed by atoms with E-state index in [4.69, 9.17) is 9.47 Å². The first-order chi connectivity index (χ1) is 17.6. The fraction of sp³-hybridized carbons (Fsp3) is 0.423. The lowest BCUT2D eigenvalue weighted by Crippen LogP contribution is -2.42. The molecule has 0 spiro atoms. The van der Waals surface area contributed by atoms with E-state index in [1.165, 1.54) is 47.0 Å². The van der Waals surface area contributed by atoms with Crippen molar-refractivity contribution in [2.24, 2.45) is 16.8 Å². The van der Waals surface area contributed by atoms with Gasteiger partial charge in [0.15, 0.2) is 4.80 Å². The lowest BCUT2D eigenvalue weighted by molar-refractivity contribution is -0.141. The molecule has 1 aromatic heterocycles. The summed E-state index contributed by atoms with van der Waals surface area (Å²) >= 11 is 1.25. The summed E-state index contributed by atoms with van der Waals surface area (Å²) in [5.41, 5.74) is 0.966. The number of methoxy groups -OCH3 is 1. The van der Waals surface area contributed by atoms with Gasteiger partial charge in [0.2, 0.25) is 10.0 Å². The SMILES string of the molecule is CCOc1ccc2c(c1)sc(=NC(=O)c1ccc(S(=O)(=O)N3CC(C)CC(C)C3)cc1)n2CC(=O)OC. The quantitative estimate of drug-likeness (QED) is 0.419. The van der Waals surface area contributed by atoms with Gasteiger partial charge in [-0.25, -0.2) is 8.42 Å². The molecule has 11 heteroatoms. The minimum Gasteiger partial charge on any atom is -0.494 e. The van der Waals surface area contributed by atoms with Crippen molar-refractivity contribution in [2.45, 2.75) is 38.6 Å². The van der Waals surface area contributed by atoms with E-state index in [0.717, 1.165) is 16.6 Å². The van der Waals surface area contributed by atoms with E-state index in [-0.39, 0.29) is 17.0 Å². The molecule has 198 valence electrons. The molecular formula is C26H31N3O6S2. The van der Waals surface area contributed by atoms with Gasteiger partial charge in [0.05, 0.1) is 28.8 Å². The Morgan fingerprint density at radius 2 is 1.76 bits per heavy atom. The van der Waals surface area contributed by atoms with E-state index in [0.29, 0.717) is 42.1 Å². The number of rotatable bonds is 7. The highest BCUT2D eigenvalue weighted by Gasteiger charge is 2.31. The van der Waals surface area contributed by atoms with Crippen LogP contribution >= 0.6 is 11.3 Å². The smallest absolute Gasteiger partial charge is 0.325 e. The normalized spacial score (nSPS) is 19.2. The molecule has 4 rings (SSSR count). The van der Waals surface area contributed by atoms with E-state index >= 15 is 0 Å². The van der Waals surface area contributed by atoms with Crippen LogP contribution in [0.2, 0.25) is 0 Å². The Morgan fingerprint density at radius 3 is 2.38 bits per heavy atom. The van der Waals surface area contributed by atoms with Crippen molar-refractivity contribution in [3.8, 4) is 5.75 Å². The van der Waals surface area contributed by atoms with Crippen LogP contribution < -0.4 is 9.54 Å². The number of carbonyl (C=O) groups excluding carboxylic acids is 2. The van der Waals surface area contributed by atoms with Gasteiger partial charge in [0.25, 0.3) is 5.91 Å². The molecule has 1 aliphatic rings. The van der Waals surface area contributed by atoms with Gasteiger partial charge in [0.1, 0.15) is 12.3 Å². The number of piperidine rings is 1. The first-order valence-electron chi connectivity index (χ1n) is 12.1. The van der Waals surface area contributed by atoms with Gasteiger partial charge in [-0.05, 0) is 67.6 Å². The molecule has 2 atom stereocenters. The molecule has 37 heavy (non-hydrogen) atoms. The minimum absolute atomic E-state index is 0.111. The molecule has 2 aromatic carbocycles. The Morgan fingerprint density at radius 1 is 1.08 bits per heavy atom. The molecule has 9 nitrogen and oxygen atoms in total. The second-order valence-electron chi connectivity index (χ2n) is 9.32. The maximum absolute atomic E-state index is 13.2. The average Bonchev–Trinajstić information content (AvgIpc) is 3.19. The topological polar surface area (TPSA) is 107 Å². The minimum atomic E-state index is -3.65. The van der Waals surface area contributed by atoms with Crippen LogP contribution in [-0.4, -0.2) is 56.0 Å². The molecule has 2 heterocycles. The van der Waals surface area contributed by atoms with E-state index in [1.54, 1.807) is 10.6 Å². The molecule has 3 aromatic rings. The predicted octanol–water partition coefficient (Wildman–Crippen LogP) is 3.68. The number of fused-ring (bicyclic) bond motifs is 1. The molecular weight excluding hydrogens is 514 g/mol. The van der Waals surface area contributed by atoms with Crippen LogP contribution in [0.25, 0.3) is 10.2 Å². The van der Waals surface area contributed by atoms with E-state index in [2.05, 4.69) is 18.8 Å². The molecule has 0 radical (unpaired) electrons. The standard InChI is InChI=1S/C26H31N3O6S2/c1-5-35-20-8-11-22-23(13-20)36-26(29(22)16-24(30)34-4)27-25(31)19-6-9-21(10-7-19)37(32,33)28-14-17(2)12-18(3)15-28/h6-11,13,17-18H,5,12,14-16H2,1-4H3. The largest absolute Gasteiger partial charge is 0.494 e. The Kier molecular flexibility index (Phi) is 8.15. The van der Waals surface area contributed by atoms with Crippen LogP contribution in [0, 0.1) is 11.8 Å². The number of nitrogens with zero attached hydrogens (tertiary/aromatic N) is 3. The summed E-state index contributed by atoms with van der Waals surface area (Å²) in [7, 11) is -2.35. The lowest BCUT2D eigenvalue weighted by Gasteiger charge is -2.34. The van der Waals surface area contributed by atoms with Crippen molar-refractivity contribution in [1.29, 1.82) is 0 Å². The fourth-order valence-electron chi connectivity index (χ4n) is 4.61. The van der Waals surface area contributed by atoms with Crippen LogP contribution in [0.15, 0.2) is 52.4 Å². The molecule has 1 fully saturated rings. The zero-order valence-electron chi connectivity index (χ0n) is 21.3. The summed E-state index contributed by atoms with van der Waals surface area (Å²) in [4.78, 5) is 29.8. The van der Waals surface area contributed by atoms with Crippen molar-refractivity contribution in [1.82, 2.24) is 8.87 Å². The maximum atomic E-state index is 13.2. The van der Waals surface area contributed by atoms with Crippen molar-refractivity contribution in [3.63, 3.8) is 0 Å². The Bertz CT molecular complexity index is 1460. The lowest BCUT2D eigenvalue weighted by atomic mass is 9.94. The van der Waals surface area contributed by atoms with Gasteiger partial charge in [-0.15, -0.1) is 0 Å². The highest BCUT2D eigenvalue weighted by molar-refractivity contribution is 7.89. The number of ether oxygens (including phenoxy) is 2. The summed E-state index contributed by atoms with van der Waals surface area (Å²) in [6, 6.07) is 11.3. The number of benzene rings is 2. The number of hydrogen-bond donors (Lipinski definition) is 0. The van der Waals surface area contributed by atoms with Crippen LogP contribution in [-0.2, 0) is 26.1 Å². The third-order valence-corrected chi connectivity index (χ3v) is 9.14. The van der Waals surface area contributed by atoms with Crippen LogP contribution in [0.4, 0.5) is 0 Å². The number of sulfonamides is 1. The van der Waals surface area contributed by atoms with Gasteiger partial charge < -0.3 is 14.0 Å². The average molecular weight is 546 g/mol. The van der Waals surface area contributed by atoms with Crippen LogP contribution in [0.1, 0.15) is 37.6 Å². The number of amides is 1. The molecule has 1 amide bonds. The molecule has 0 saturated carbocycles. The maximum Gasteiger partial charge on any atom is 0.325 e. The summed E-state index contributed by atoms with van der Waals surface area (Å²) in [5, 5.41) is 0. The van der Waals surface area contributed by atoms with Gasteiger partial charge >= 0.3 is 5.97 Å². The second-order valence-corrected chi connectivity index (χ2v) is 12.3. The van der Waals surface area contributed by atoms with Gasteiger partial charge in [-0.1, -0.05) is 25.2 Å².